The molecule has 1 fully saturated rings. The van der Waals surface area contributed by atoms with Gasteiger partial charge in [0.05, 0.1) is 0 Å². The minimum absolute atomic E-state index is 0.764. The van der Waals surface area contributed by atoms with Crippen LogP contribution in [0.1, 0.15) is 39.5 Å². The summed E-state index contributed by atoms with van der Waals surface area (Å²) in [7, 11) is 0. The lowest BCUT2D eigenvalue weighted by molar-refractivity contribution is 0.463. The molecule has 0 bridgehead atoms. The fraction of sp³-hybridized carbons (Fsp3) is 1.00. The Morgan fingerprint density at radius 1 is 1.42 bits per heavy atom. The maximum atomic E-state index is 3.58. The van der Waals surface area contributed by atoms with E-state index in [1.807, 2.05) is 0 Å². The Hall–Kier alpha value is 0.310. The summed E-state index contributed by atoms with van der Waals surface area (Å²) < 4.78 is 0. The standard InChI is InChI=1S/C10H21NS/c1-3-9(11-4-2)10-7-5-6-8-12-10/h9-11H,3-8H2,1-2H3. The summed E-state index contributed by atoms with van der Waals surface area (Å²) in [6, 6.07) is 0.764. The maximum absolute atomic E-state index is 3.58. The molecule has 1 nitrogen and oxygen atoms in total. The first-order valence-electron chi connectivity index (χ1n) is 5.23. The van der Waals surface area contributed by atoms with Crippen LogP contribution in [0, 0.1) is 0 Å². The second-order valence-electron chi connectivity index (χ2n) is 3.48. The smallest absolute Gasteiger partial charge is 0.0201 e. The van der Waals surface area contributed by atoms with Crippen molar-refractivity contribution in [1.29, 1.82) is 0 Å². The molecule has 0 saturated carbocycles. The highest BCUT2D eigenvalue weighted by atomic mass is 32.2. The van der Waals surface area contributed by atoms with Gasteiger partial charge in [0.15, 0.2) is 0 Å². The molecular weight excluding hydrogens is 166 g/mol. The maximum Gasteiger partial charge on any atom is 0.0201 e. The molecular formula is C10H21NS. The van der Waals surface area contributed by atoms with Crippen LogP contribution in [0.25, 0.3) is 0 Å². The van der Waals surface area contributed by atoms with Gasteiger partial charge >= 0.3 is 0 Å². The van der Waals surface area contributed by atoms with Gasteiger partial charge in [-0.3, -0.25) is 0 Å². The van der Waals surface area contributed by atoms with Gasteiger partial charge in [-0.1, -0.05) is 20.3 Å². The number of hydrogen-bond donors (Lipinski definition) is 1. The third kappa shape index (κ3) is 2.98. The van der Waals surface area contributed by atoms with Crippen LogP contribution in [0.5, 0.6) is 0 Å². The van der Waals surface area contributed by atoms with Gasteiger partial charge in [0.25, 0.3) is 0 Å². The molecule has 0 aromatic rings. The van der Waals surface area contributed by atoms with Crippen molar-refractivity contribution in [3.63, 3.8) is 0 Å². The Balaban J connectivity index is 2.29. The first-order valence-corrected chi connectivity index (χ1v) is 6.28. The topological polar surface area (TPSA) is 12.0 Å². The van der Waals surface area contributed by atoms with Crippen molar-refractivity contribution in [3.8, 4) is 0 Å². The Kier molecular flexibility index (Phi) is 5.08. The first-order chi connectivity index (χ1) is 5.88. The zero-order valence-electron chi connectivity index (χ0n) is 8.31. The second-order valence-corrected chi connectivity index (χ2v) is 4.82. The normalized spacial score (nSPS) is 27.0. The van der Waals surface area contributed by atoms with Crippen molar-refractivity contribution in [2.45, 2.75) is 50.8 Å². The molecule has 1 saturated heterocycles. The summed E-state index contributed by atoms with van der Waals surface area (Å²) in [5.41, 5.74) is 0. The van der Waals surface area contributed by atoms with Gasteiger partial charge in [0.2, 0.25) is 0 Å². The largest absolute Gasteiger partial charge is 0.313 e. The van der Waals surface area contributed by atoms with Crippen LogP contribution in [0.3, 0.4) is 0 Å². The fourth-order valence-electron chi connectivity index (χ4n) is 1.88. The van der Waals surface area contributed by atoms with E-state index in [4.69, 9.17) is 0 Å². The van der Waals surface area contributed by atoms with Crippen LogP contribution < -0.4 is 5.32 Å². The van der Waals surface area contributed by atoms with Crippen LogP contribution in [-0.2, 0) is 0 Å². The number of hydrogen-bond acceptors (Lipinski definition) is 2. The summed E-state index contributed by atoms with van der Waals surface area (Å²) in [6.45, 7) is 5.62. The number of thioether (sulfide) groups is 1. The number of rotatable bonds is 4. The molecule has 0 spiro atoms. The lowest BCUT2D eigenvalue weighted by atomic mass is 10.1. The Morgan fingerprint density at radius 2 is 2.25 bits per heavy atom. The van der Waals surface area contributed by atoms with Crippen LogP contribution in [-0.4, -0.2) is 23.6 Å². The average Bonchev–Trinajstić information content (AvgIpc) is 2.15. The van der Waals surface area contributed by atoms with E-state index < -0.39 is 0 Å². The predicted octanol–water partition coefficient (Wildman–Crippen LogP) is 2.66. The third-order valence-electron chi connectivity index (χ3n) is 2.57. The molecule has 1 rings (SSSR count). The highest BCUT2D eigenvalue weighted by molar-refractivity contribution is 8.00. The van der Waals surface area contributed by atoms with Gasteiger partial charge in [-0.25, -0.2) is 0 Å². The van der Waals surface area contributed by atoms with E-state index in [1.54, 1.807) is 0 Å². The molecule has 0 amide bonds. The van der Waals surface area contributed by atoms with Crippen LogP contribution in [0.15, 0.2) is 0 Å². The number of nitrogens with one attached hydrogen (secondary N) is 1. The quantitative estimate of drug-likeness (QED) is 0.726. The molecule has 72 valence electrons. The van der Waals surface area contributed by atoms with Crippen molar-refractivity contribution in [2.24, 2.45) is 0 Å². The minimum Gasteiger partial charge on any atom is -0.313 e. The highest BCUT2D eigenvalue weighted by Crippen LogP contribution is 2.28. The third-order valence-corrected chi connectivity index (χ3v) is 4.09. The van der Waals surface area contributed by atoms with E-state index in [2.05, 4.69) is 30.9 Å². The zero-order chi connectivity index (χ0) is 8.81. The second kappa shape index (κ2) is 5.87. The molecule has 0 radical (unpaired) electrons. The molecule has 2 atom stereocenters. The minimum atomic E-state index is 0.764. The molecule has 0 aliphatic carbocycles. The van der Waals surface area contributed by atoms with Crippen molar-refractivity contribution in [3.05, 3.63) is 0 Å². The average molecular weight is 187 g/mol. The predicted molar refractivity (Wildman–Crippen MR) is 57.9 cm³/mol. The molecule has 1 N–H and O–H groups in total. The van der Waals surface area contributed by atoms with Gasteiger partial charge < -0.3 is 5.32 Å². The van der Waals surface area contributed by atoms with Crippen LogP contribution >= 0.6 is 11.8 Å². The van der Waals surface area contributed by atoms with Crippen LogP contribution in [0.4, 0.5) is 0 Å². The summed E-state index contributed by atoms with van der Waals surface area (Å²) in [6.07, 6.45) is 5.59. The molecule has 0 aromatic heterocycles. The van der Waals surface area contributed by atoms with Gasteiger partial charge in [-0.05, 0) is 31.6 Å². The molecule has 1 aliphatic rings. The summed E-state index contributed by atoms with van der Waals surface area (Å²) >= 11 is 2.17. The van der Waals surface area contributed by atoms with E-state index in [0.29, 0.717) is 0 Å². The van der Waals surface area contributed by atoms with Crippen LogP contribution in [0.2, 0.25) is 0 Å². The van der Waals surface area contributed by atoms with Crippen molar-refractivity contribution >= 4 is 11.8 Å². The van der Waals surface area contributed by atoms with E-state index in [-0.39, 0.29) is 0 Å². The SMILES string of the molecule is CCNC(CC)C1CCCCS1. The van der Waals surface area contributed by atoms with Crippen molar-refractivity contribution in [1.82, 2.24) is 5.32 Å². The van der Waals surface area contributed by atoms with Crippen molar-refractivity contribution < 1.29 is 0 Å². The van der Waals surface area contributed by atoms with Gasteiger partial charge in [0, 0.05) is 11.3 Å². The lowest BCUT2D eigenvalue weighted by Crippen LogP contribution is -2.38. The highest BCUT2D eigenvalue weighted by Gasteiger charge is 2.21. The Bertz CT molecular complexity index is 108. The lowest BCUT2D eigenvalue weighted by Gasteiger charge is -2.29. The zero-order valence-corrected chi connectivity index (χ0v) is 9.12. The summed E-state index contributed by atoms with van der Waals surface area (Å²) in [4.78, 5) is 0. The molecule has 12 heavy (non-hydrogen) atoms. The first kappa shape index (κ1) is 10.4. The molecule has 1 aliphatic heterocycles. The molecule has 2 unspecified atom stereocenters. The Labute approximate surface area is 80.7 Å². The molecule has 1 heterocycles. The van der Waals surface area contributed by atoms with E-state index in [0.717, 1.165) is 17.8 Å². The molecule has 2 heteroatoms. The van der Waals surface area contributed by atoms with E-state index >= 15 is 0 Å². The summed E-state index contributed by atoms with van der Waals surface area (Å²) in [5.74, 6) is 1.38. The van der Waals surface area contributed by atoms with E-state index in [1.165, 1.54) is 31.4 Å². The Morgan fingerprint density at radius 3 is 2.75 bits per heavy atom. The summed E-state index contributed by atoms with van der Waals surface area (Å²) in [5, 5.41) is 4.47. The van der Waals surface area contributed by atoms with Crippen molar-refractivity contribution in [2.75, 3.05) is 12.3 Å². The van der Waals surface area contributed by atoms with Gasteiger partial charge in [0.1, 0.15) is 0 Å². The van der Waals surface area contributed by atoms with E-state index in [9.17, 15) is 0 Å². The molecule has 0 aromatic carbocycles. The van der Waals surface area contributed by atoms with Gasteiger partial charge in [-0.2, -0.15) is 11.8 Å². The monoisotopic (exact) mass is 187 g/mol. The fourth-order valence-corrected chi connectivity index (χ4v) is 3.41. The van der Waals surface area contributed by atoms with Gasteiger partial charge in [-0.15, -0.1) is 0 Å².